The molecule has 0 fully saturated rings. The smallest absolute Gasteiger partial charge is 0.306 e. The van der Waals surface area contributed by atoms with Crippen molar-refractivity contribution >= 4 is 17.9 Å². The zero-order chi connectivity index (χ0) is 53.4. The van der Waals surface area contributed by atoms with E-state index in [1.165, 1.54) is 225 Å². The lowest BCUT2D eigenvalue weighted by molar-refractivity contribution is -0.870. The van der Waals surface area contributed by atoms with Gasteiger partial charge in [-0.25, -0.2) is 0 Å². The molecule has 0 N–H and O–H groups in total. The first kappa shape index (κ1) is 70.8. The van der Waals surface area contributed by atoms with E-state index in [4.69, 9.17) is 18.9 Å². The Bertz CT molecular complexity index is 1250. The molecule has 0 bridgehead atoms. The number of unbranched alkanes of at least 4 members (excludes halogenated alkanes) is 40. The largest absolute Gasteiger partial charge is 0.545 e. The van der Waals surface area contributed by atoms with Crippen LogP contribution in [0.25, 0.3) is 0 Å². The van der Waals surface area contributed by atoms with Gasteiger partial charge in [0.05, 0.1) is 40.3 Å². The Balaban J connectivity index is 4.09. The van der Waals surface area contributed by atoms with E-state index >= 15 is 0 Å². The fourth-order valence-electron chi connectivity index (χ4n) is 9.33. The fourth-order valence-corrected chi connectivity index (χ4v) is 9.33. The number of likely N-dealkylation sites (N-methyl/N-ethyl adjacent to an activating group) is 1. The quantitative estimate of drug-likeness (QED) is 0.0195. The van der Waals surface area contributed by atoms with Crippen LogP contribution in [0.2, 0.25) is 0 Å². The van der Waals surface area contributed by atoms with Crippen LogP contribution in [0.15, 0.2) is 24.3 Å². The molecule has 0 amide bonds. The molecule has 0 spiro atoms. The highest BCUT2D eigenvalue weighted by Crippen LogP contribution is 2.18. The van der Waals surface area contributed by atoms with Crippen LogP contribution in [0.4, 0.5) is 0 Å². The summed E-state index contributed by atoms with van der Waals surface area (Å²) in [5, 5.41) is 11.8. The average molecular weight is 1030 g/mol. The predicted molar refractivity (Wildman–Crippen MR) is 306 cm³/mol. The van der Waals surface area contributed by atoms with E-state index in [9.17, 15) is 19.5 Å². The molecular formula is C64H121NO8. The van der Waals surface area contributed by atoms with Crippen LogP contribution < -0.4 is 5.11 Å². The first-order chi connectivity index (χ1) is 35.6. The van der Waals surface area contributed by atoms with Crippen molar-refractivity contribution in [2.75, 3.05) is 47.5 Å². The van der Waals surface area contributed by atoms with Gasteiger partial charge in [-0.15, -0.1) is 0 Å². The maximum absolute atomic E-state index is 12.9. The van der Waals surface area contributed by atoms with Crippen molar-refractivity contribution in [3.05, 3.63) is 24.3 Å². The third kappa shape index (κ3) is 57.3. The molecule has 0 aliphatic carbocycles. The molecule has 2 unspecified atom stereocenters. The summed E-state index contributed by atoms with van der Waals surface area (Å²) < 4.78 is 22.7. The molecule has 2 atom stereocenters. The second-order valence-electron chi connectivity index (χ2n) is 22.7. The second-order valence-corrected chi connectivity index (χ2v) is 22.7. The molecule has 430 valence electrons. The molecule has 0 aromatic heterocycles. The van der Waals surface area contributed by atoms with Crippen LogP contribution in [-0.4, -0.2) is 82.3 Å². The Morgan fingerprint density at radius 1 is 0.411 bits per heavy atom. The molecule has 0 rings (SSSR count). The predicted octanol–water partition coefficient (Wildman–Crippen LogP) is 17.4. The maximum Gasteiger partial charge on any atom is 0.306 e. The normalized spacial score (nSPS) is 12.8. The number of esters is 2. The third-order valence-electron chi connectivity index (χ3n) is 14.2. The maximum atomic E-state index is 12.9. The second kappa shape index (κ2) is 56.0. The summed E-state index contributed by atoms with van der Waals surface area (Å²) in [6, 6.07) is 0. The van der Waals surface area contributed by atoms with Gasteiger partial charge in [-0.05, 0) is 44.9 Å². The summed E-state index contributed by atoms with van der Waals surface area (Å²) in [4.78, 5) is 37.3. The van der Waals surface area contributed by atoms with E-state index in [-0.39, 0.29) is 32.2 Å². The Kier molecular flexibility index (Phi) is 54.3. The first-order valence-corrected chi connectivity index (χ1v) is 31.5. The summed E-state index contributed by atoms with van der Waals surface area (Å²) in [6.45, 7) is 4.77. The molecule has 9 nitrogen and oxygen atoms in total. The highest BCUT2D eigenvalue weighted by Gasteiger charge is 2.22. The molecule has 0 heterocycles. The van der Waals surface area contributed by atoms with Crippen molar-refractivity contribution < 1.29 is 42.9 Å². The summed E-state index contributed by atoms with van der Waals surface area (Å²) in [7, 11) is 5.93. The molecule has 0 aromatic rings. The number of hydrogen-bond acceptors (Lipinski definition) is 8. The van der Waals surface area contributed by atoms with Crippen LogP contribution >= 0.6 is 0 Å². The van der Waals surface area contributed by atoms with Crippen molar-refractivity contribution in [2.24, 2.45) is 0 Å². The minimum Gasteiger partial charge on any atom is -0.545 e. The fraction of sp³-hybridized carbons (Fsp3) is 0.891. The van der Waals surface area contributed by atoms with Crippen LogP contribution in [0, 0.1) is 0 Å². The van der Waals surface area contributed by atoms with E-state index in [1.807, 2.05) is 21.1 Å². The van der Waals surface area contributed by atoms with Gasteiger partial charge in [0.1, 0.15) is 13.2 Å². The van der Waals surface area contributed by atoms with Gasteiger partial charge < -0.3 is 33.3 Å². The van der Waals surface area contributed by atoms with Crippen LogP contribution in [0.3, 0.4) is 0 Å². The summed E-state index contributed by atoms with van der Waals surface area (Å²) >= 11 is 0. The number of aliphatic carboxylic acids is 1. The number of carboxylic acids is 1. The van der Waals surface area contributed by atoms with Crippen LogP contribution in [0.1, 0.15) is 309 Å². The van der Waals surface area contributed by atoms with Gasteiger partial charge >= 0.3 is 11.9 Å². The van der Waals surface area contributed by atoms with Gasteiger partial charge in [0.25, 0.3) is 0 Å². The van der Waals surface area contributed by atoms with E-state index < -0.39 is 24.3 Å². The van der Waals surface area contributed by atoms with Crippen molar-refractivity contribution in [3.8, 4) is 0 Å². The highest BCUT2D eigenvalue weighted by atomic mass is 16.7. The summed E-state index contributed by atoms with van der Waals surface area (Å²) in [6.07, 6.45) is 63.9. The van der Waals surface area contributed by atoms with Crippen LogP contribution in [0.5, 0.6) is 0 Å². The first-order valence-electron chi connectivity index (χ1n) is 31.5. The van der Waals surface area contributed by atoms with Gasteiger partial charge in [0.15, 0.2) is 12.4 Å². The van der Waals surface area contributed by atoms with E-state index in [0.29, 0.717) is 23.9 Å². The summed E-state index contributed by atoms with van der Waals surface area (Å²) in [5.41, 5.74) is 0. The molecule has 0 aromatic carbocycles. The molecular weight excluding hydrogens is 911 g/mol. The number of nitrogens with zero attached hydrogens (tertiary/aromatic N) is 1. The van der Waals surface area contributed by atoms with Crippen molar-refractivity contribution in [1.29, 1.82) is 0 Å². The molecule has 0 aliphatic heterocycles. The lowest BCUT2D eigenvalue weighted by Gasteiger charge is -2.26. The minimum absolute atomic E-state index is 0.148. The Morgan fingerprint density at radius 3 is 1.10 bits per heavy atom. The van der Waals surface area contributed by atoms with Gasteiger partial charge in [0, 0.05) is 12.8 Å². The zero-order valence-corrected chi connectivity index (χ0v) is 49.0. The van der Waals surface area contributed by atoms with E-state index in [0.717, 1.165) is 51.4 Å². The Hall–Kier alpha value is -2.23. The lowest BCUT2D eigenvalue weighted by Crippen LogP contribution is -2.44. The Labute approximate surface area is 452 Å². The number of ether oxygens (including phenoxy) is 4. The topological polar surface area (TPSA) is 111 Å². The SMILES string of the molecule is CCCCCC/C=C\C/C=C\CCCCCCCCCC(=O)OC(COC(=O)CCCCCCCCCCCCCCCCCCCCCCCCCCCCCCCC)COC(OCC[N+](C)(C)C)C(=O)[O-]. The van der Waals surface area contributed by atoms with E-state index in [1.54, 1.807) is 0 Å². The van der Waals surface area contributed by atoms with Gasteiger partial charge in [-0.2, -0.15) is 0 Å². The molecule has 9 heteroatoms. The number of rotatable bonds is 59. The number of carbonyl (C=O) groups is 3. The number of carboxylic acid groups (broad SMARTS) is 1. The highest BCUT2D eigenvalue weighted by molar-refractivity contribution is 5.70. The number of carbonyl (C=O) groups excluding carboxylic acids is 3. The van der Waals surface area contributed by atoms with Crippen molar-refractivity contribution in [1.82, 2.24) is 0 Å². The zero-order valence-electron chi connectivity index (χ0n) is 49.0. The van der Waals surface area contributed by atoms with Gasteiger partial charge in [-0.3, -0.25) is 9.59 Å². The third-order valence-corrected chi connectivity index (χ3v) is 14.2. The van der Waals surface area contributed by atoms with Crippen molar-refractivity contribution in [3.63, 3.8) is 0 Å². The molecule has 0 saturated heterocycles. The van der Waals surface area contributed by atoms with Gasteiger partial charge in [-0.1, -0.05) is 276 Å². The number of hydrogen-bond donors (Lipinski definition) is 0. The van der Waals surface area contributed by atoms with Gasteiger partial charge in [0.2, 0.25) is 0 Å². The summed E-state index contributed by atoms with van der Waals surface area (Å²) in [5.74, 6) is -2.27. The number of quaternary nitrogens is 1. The van der Waals surface area contributed by atoms with Crippen molar-refractivity contribution in [2.45, 2.75) is 322 Å². The Morgan fingerprint density at radius 2 is 0.740 bits per heavy atom. The molecule has 0 saturated carbocycles. The molecule has 0 radical (unpaired) electrons. The van der Waals surface area contributed by atoms with Crippen LogP contribution in [-0.2, 0) is 33.3 Å². The van der Waals surface area contributed by atoms with E-state index in [2.05, 4.69) is 38.2 Å². The average Bonchev–Trinajstić information content (AvgIpc) is 3.36. The number of allylic oxidation sites excluding steroid dienone is 4. The standard InChI is InChI=1S/C64H121NO8/c1-6-8-10-12-14-16-18-20-22-24-26-27-28-29-30-31-32-33-34-35-36-37-39-40-42-44-46-48-50-52-54-61(66)71-58-60(59-72-64(63(68)69)70-57-56-65(3,4)5)73-62(67)55-53-51-49-47-45-43-41-38-25-23-21-19-17-15-13-11-9-7-2/h17,19,23,25,60,64H,6-16,18,20-22,24,26-59H2,1-5H3/b19-17-,25-23-. The monoisotopic (exact) mass is 1030 g/mol. The minimum atomic E-state index is -1.62. The molecule has 0 aliphatic rings. The molecule has 73 heavy (non-hydrogen) atoms. The lowest BCUT2D eigenvalue weighted by atomic mass is 10.0.